The summed E-state index contributed by atoms with van der Waals surface area (Å²) in [7, 11) is 1.47. The minimum absolute atomic E-state index is 0.0303. The topological polar surface area (TPSA) is 108 Å². The molecule has 2 atom stereocenters. The highest BCUT2D eigenvalue weighted by Crippen LogP contribution is 2.43. The van der Waals surface area contributed by atoms with Crippen LogP contribution in [0.5, 0.6) is 0 Å². The molecule has 0 heterocycles. The SMILES string of the molecule is CCCC/C=C\C/C=C\CCCCCCCC(=O)OC(COC(=O)CCCCCCCCCCCCCC)COP(=O)(O)OCC[N+](C)(C)C. The summed E-state index contributed by atoms with van der Waals surface area (Å²) in [5, 5.41) is 0. The largest absolute Gasteiger partial charge is 0.472 e. The molecule has 0 radical (unpaired) electrons. The summed E-state index contributed by atoms with van der Waals surface area (Å²) in [4.78, 5) is 35.2. The van der Waals surface area contributed by atoms with E-state index in [0.717, 1.165) is 64.2 Å². The highest BCUT2D eigenvalue weighted by molar-refractivity contribution is 7.47. The number of quaternary nitrogens is 1. The van der Waals surface area contributed by atoms with E-state index in [2.05, 4.69) is 38.2 Å². The lowest BCUT2D eigenvalue weighted by molar-refractivity contribution is -0.870. The van der Waals surface area contributed by atoms with Crippen molar-refractivity contribution < 1.29 is 42.1 Å². The van der Waals surface area contributed by atoms with Crippen LogP contribution in [0.3, 0.4) is 0 Å². The number of carbonyl (C=O) groups excluding carboxylic acids is 2. The summed E-state index contributed by atoms with van der Waals surface area (Å²) in [6, 6.07) is 0. The molecule has 0 aliphatic rings. The van der Waals surface area contributed by atoms with Crippen molar-refractivity contribution in [3.8, 4) is 0 Å². The fourth-order valence-electron chi connectivity index (χ4n) is 5.26. The first-order chi connectivity index (χ1) is 24.0. The maximum atomic E-state index is 12.6. The lowest BCUT2D eigenvalue weighted by Gasteiger charge is -2.24. The van der Waals surface area contributed by atoms with E-state index < -0.39 is 26.5 Å². The molecule has 50 heavy (non-hydrogen) atoms. The molecule has 0 amide bonds. The zero-order valence-corrected chi connectivity index (χ0v) is 33.8. The van der Waals surface area contributed by atoms with Crippen molar-refractivity contribution in [3.63, 3.8) is 0 Å². The molecular formula is C40H77NO8P+. The van der Waals surface area contributed by atoms with Crippen LogP contribution in [0.15, 0.2) is 24.3 Å². The van der Waals surface area contributed by atoms with Crippen molar-refractivity contribution in [2.24, 2.45) is 0 Å². The molecule has 0 aliphatic carbocycles. The van der Waals surface area contributed by atoms with Gasteiger partial charge in [0.1, 0.15) is 19.8 Å². The van der Waals surface area contributed by atoms with Gasteiger partial charge in [-0.1, -0.05) is 141 Å². The van der Waals surface area contributed by atoms with Gasteiger partial charge in [0.05, 0.1) is 27.7 Å². The van der Waals surface area contributed by atoms with Crippen molar-refractivity contribution >= 4 is 19.8 Å². The monoisotopic (exact) mass is 731 g/mol. The van der Waals surface area contributed by atoms with Crippen molar-refractivity contribution in [2.45, 2.75) is 174 Å². The summed E-state index contributed by atoms with van der Waals surface area (Å²) in [6.07, 6.45) is 33.6. The number of phosphoric acid groups is 1. The van der Waals surface area contributed by atoms with Gasteiger partial charge < -0.3 is 18.9 Å². The number of allylic oxidation sites excluding steroid dienone is 4. The van der Waals surface area contributed by atoms with Gasteiger partial charge in [-0.15, -0.1) is 0 Å². The minimum Gasteiger partial charge on any atom is -0.462 e. The zero-order valence-electron chi connectivity index (χ0n) is 32.9. The van der Waals surface area contributed by atoms with Gasteiger partial charge in [-0.05, 0) is 38.5 Å². The van der Waals surface area contributed by atoms with E-state index in [1.807, 2.05) is 21.1 Å². The van der Waals surface area contributed by atoms with Crippen molar-refractivity contribution in [2.75, 3.05) is 47.5 Å². The Morgan fingerprint density at radius 3 is 1.64 bits per heavy atom. The van der Waals surface area contributed by atoms with E-state index >= 15 is 0 Å². The molecule has 0 aromatic carbocycles. The van der Waals surface area contributed by atoms with Crippen LogP contribution in [0.4, 0.5) is 0 Å². The van der Waals surface area contributed by atoms with Crippen LogP contribution in [-0.4, -0.2) is 74.9 Å². The first-order valence-corrected chi connectivity index (χ1v) is 21.6. The normalized spacial score (nSPS) is 14.0. The van der Waals surface area contributed by atoms with E-state index in [9.17, 15) is 19.0 Å². The van der Waals surface area contributed by atoms with Gasteiger partial charge in [-0.25, -0.2) is 4.57 Å². The molecule has 0 rings (SSSR count). The first kappa shape index (κ1) is 48.5. The number of hydrogen-bond acceptors (Lipinski definition) is 7. The minimum atomic E-state index is -4.37. The Labute approximate surface area is 307 Å². The second-order valence-corrected chi connectivity index (χ2v) is 16.1. The molecule has 9 nitrogen and oxygen atoms in total. The molecule has 0 aromatic rings. The molecule has 0 spiro atoms. The maximum absolute atomic E-state index is 12.6. The van der Waals surface area contributed by atoms with Crippen molar-refractivity contribution in [3.05, 3.63) is 24.3 Å². The van der Waals surface area contributed by atoms with Crippen LogP contribution in [0.1, 0.15) is 168 Å². The molecular weight excluding hydrogens is 653 g/mol. The van der Waals surface area contributed by atoms with Crippen LogP contribution in [0.2, 0.25) is 0 Å². The predicted molar refractivity (Wildman–Crippen MR) is 206 cm³/mol. The summed E-state index contributed by atoms with van der Waals surface area (Å²) in [5.74, 6) is -0.813. The molecule has 0 saturated carbocycles. The number of unbranched alkanes of at least 4 members (excludes halogenated alkanes) is 18. The molecule has 294 valence electrons. The molecule has 0 aliphatic heterocycles. The molecule has 1 N–H and O–H groups in total. The molecule has 2 unspecified atom stereocenters. The number of phosphoric ester groups is 1. The summed E-state index contributed by atoms with van der Waals surface area (Å²) in [6.45, 7) is 4.35. The fourth-order valence-corrected chi connectivity index (χ4v) is 6.01. The first-order valence-electron chi connectivity index (χ1n) is 20.1. The van der Waals surface area contributed by atoms with Gasteiger partial charge in [0.25, 0.3) is 0 Å². The lowest BCUT2D eigenvalue weighted by Crippen LogP contribution is -2.37. The second-order valence-electron chi connectivity index (χ2n) is 14.7. The quantitative estimate of drug-likeness (QED) is 0.0223. The molecule has 10 heteroatoms. The Morgan fingerprint density at radius 2 is 1.10 bits per heavy atom. The highest BCUT2D eigenvalue weighted by Gasteiger charge is 2.27. The summed E-state index contributed by atoms with van der Waals surface area (Å²) >= 11 is 0. The number of likely N-dealkylation sites (N-methyl/N-ethyl adjacent to an activating group) is 1. The van der Waals surface area contributed by atoms with Crippen molar-refractivity contribution in [1.29, 1.82) is 0 Å². The molecule has 0 aromatic heterocycles. The van der Waals surface area contributed by atoms with Crippen LogP contribution in [0, 0.1) is 0 Å². The van der Waals surface area contributed by atoms with Gasteiger partial charge in [-0.3, -0.25) is 18.6 Å². The number of hydrogen-bond donors (Lipinski definition) is 1. The predicted octanol–water partition coefficient (Wildman–Crippen LogP) is 10.8. The zero-order chi connectivity index (χ0) is 37.2. The van der Waals surface area contributed by atoms with E-state index in [4.69, 9.17) is 18.5 Å². The Bertz CT molecular complexity index is 918. The van der Waals surface area contributed by atoms with E-state index in [1.54, 1.807) is 0 Å². The average Bonchev–Trinajstić information content (AvgIpc) is 3.06. The van der Waals surface area contributed by atoms with Gasteiger partial charge in [-0.2, -0.15) is 0 Å². The van der Waals surface area contributed by atoms with Gasteiger partial charge in [0.15, 0.2) is 6.10 Å². The van der Waals surface area contributed by atoms with E-state index in [1.165, 1.54) is 70.6 Å². The number of carbonyl (C=O) groups is 2. The van der Waals surface area contributed by atoms with Crippen LogP contribution in [-0.2, 0) is 32.7 Å². The molecule has 0 saturated heterocycles. The molecule has 0 bridgehead atoms. The lowest BCUT2D eigenvalue weighted by atomic mass is 10.0. The van der Waals surface area contributed by atoms with Crippen molar-refractivity contribution in [1.82, 2.24) is 0 Å². The summed E-state index contributed by atoms with van der Waals surface area (Å²) < 4.78 is 34.2. The third-order valence-electron chi connectivity index (χ3n) is 8.48. The summed E-state index contributed by atoms with van der Waals surface area (Å²) in [5.41, 5.74) is 0. The van der Waals surface area contributed by atoms with Gasteiger partial charge >= 0.3 is 19.8 Å². The average molecular weight is 731 g/mol. The number of ether oxygens (including phenoxy) is 2. The third-order valence-corrected chi connectivity index (χ3v) is 9.47. The fraction of sp³-hybridized carbons (Fsp3) is 0.850. The maximum Gasteiger partial charge on any atom is 0.472 e. The second kappa shape index (κ2) is 33.3. The van der Waals surface area contributed by atoms with Gasteiger partial charge in [0, 0.05) is 12.8 Å². The van der Waals surface area contributed by atoms with Crippen LogP contribution in [0.25, 0.3) is 0 Å². The number of esters is 2. The Balaban J connectivity index is 4.44. The Morgan fingerprint density at radius 1 is 0.620 bits per heavy atom. The third kappa shape index (κ3) is 36.3. The van der Waals surface area contributed by atoms with E-state index in [-0.39, 0.29) is 32.0 Å². The number of rotatable bonds is 36. The standard InChI is InChI=1S/C40H76NO8P/c1-6-8-10-12-14-16-18-20-21-23-25-27-29-31-33-40(43)49-38(37-48-50(44,45)47-35-34-41(3,4)5)36-46-39(42)32-30-28-26-24-22-19-17-15-13-11-9-7-2/h12,14,18,20,38H,6-11,13,15-17,19,21-37H2,1-5H3/p+1/b14-12-,20-18-. The molecule has 0 fully saturated rings. The Hall–Kier alpha value is -1.51. The van der Waals surface area contributed by atoms with Crippen LogP contribution >= 0.6 is 7.82 Å². The number of nitrogens with zero attached hydrogens (tertiary/aromatic N) is 1. The Kier molecular flexibility index (Phi) is 32.3. The van der Waals surface area contributed by atoms with Gasteiger partial charge in [0.2, 0.25) is 0 Å². The van der Waals surface area contributed by atoms with E-state index in [0.29, 0.717) is 17.4 Å². The van der Waals surface area contributed by atoms with Crippen LogP contribution < -0.4 is 0 Å². The smallest absolute Gasteiger partial charge is 0.462 e. The highest BCUT2D eigenvalue weighted by atomic mass is 31.2.